The predicted octanol–water partition coefficient (Wildman–Crippen LogP) is 1.71. The first kappa shape index (κ1) is 12.1. The summed E-state index contributed by atoms with van der Waals surface area (Å²) in [7, 11) is 0. The zero-order valence-corrected chi connectivity index (χ0v) is 10.3. The quantitative estimate of drug-likeness (QED) is 0.732. The van der Waals surface area contributed by atoms with E-state index in [0.717, 1.165) is 58.0 Å². The summed E-state index contributed by atoms with van der Waals surface area (Å²) in [4.78, 5) is 14.3. The summed E-state index contributed by atoms with van der Waals surface area (Å²) in [6.45, 7) is 6.88. The van der Waals surface area contributed by atoms with Crippen LogP contribution in [0.4, 0.5) is 0 Å². The Bertz CT molecular complexity index is 236. The van der Waals surface area contributed by atoms with Crippen molar-refractivity contribution in [2.45, 2.75) is 32.6 Å². The third kappa shape index (κ3) is 3.05. The van der Waals surface area contributed by atoms with Crippen molar-refractivity contribution >= 4 is 5.78 Å². The maximum atomic E-state index is 11.9. The number of carbonyl (C=O) groups is 1. The van der Waals surface area contributed by atoms with Crippen LogP contribution in [-0.4, -0.2) is 43.5 Å². The Morgan fingerprint density at radius 2 is 2.12 bits per heavy atom. The summed E-state index contributed by atoms with van der Waals surface area (Å²) >= 11 is 0. The van der Waals surface area contributed by atoms with E-state index >= 15 is 0 Å². The highest BCUT2D eigenvalue weighted by molar-refractivity contribution is 5.81. The second-order valence-electron chi connectivity index (χ2n) is 5.12. The minimum Gasteiger partial charge on any atom is -0.379 e. The number of Topliss-reactive ketones (excluding diaryl/α,β-unsaturated/α-hetero) is 1. The van der Waals surface area contributed by atoms with Crippen molar-refractivity contribution in [3.63, 3.8) is 0 Å². The monoisotopic (exact) mass is 225 g/mol. The van der Waals surface area contributed by atoms with Gasteiger partial charge in [0.1, 0.15) is 5.78 Å². The number of hydrogen-bond donors (Lipinski definition) is 0. The molecule has 2 aliphatic rings. The van der Waals surface area contributed by atoms with Gasteiger partial charge in [-0.1, -0.05) is 13.3 Å². The van der Waals surface area contributed by atoms with Gasteiger partial charge in [-0.25, -0.2) is 0 Å². The second-order valence-corrected chi connectivity index (χ2v) is 5.12. The van der Waals surface area contributed by atoms with Crippen LogP contribution in [0.2, 0.25) is 0 Å². The smallest absolute Gasteiger partial charge is 0.137 e. The molecule has 1 heterocycles. The number of ketones is 1. The largest absolute Gasteiger partial charge is 0.379 e. The minimum absolute atomic E-state index is 0.303. The molecule has 0 amide bonds. The number of morpholine rings is 1. The van der Waals surface area contributed by atoms with E-state index in [1.165, 1.54) is 6.42 Å². The minimum atomic E-state index is 0.303. The molecule has 0 aromatic carbocycles. The Balaban J connectivity index is 1.83. The number of ether oxygens (including phenoxy) is 1. The van der Waals surface area contributed by atoms with E-state index in [2.05, 4.69) is 11.8 Å². The third-order valence-corrected chi connectivity index (χ3v) is 4.03. The van der Waals surface area contributed by atoms with E-state index in [1.54, 1.807) is 0 Å². The van der Waals surface area contributed by atoms with Crippen LogP contribution in [0.5, 0.6) is 0 Å². The van der Waals surface area contributed by atoms with Crippen molar-refractivity contribution in [3.05, 3.63) is 0 Å². The van der Waals surface area contributed by atoms with Crippen LogP contribution in [-0.2, 0) is 9.53 Å². The molecule has 2 rings (SSSR count). The first-order valence-corrected chi connectivity index (χ1v) is 6.62. The Morgan fingerprint density at radius 3 is 2.81 bits per heavy atom. The molecule has 3 heteroatoms. The van der Waals surface area contributed by atoms with Gasteiger partial charge in [0.2, 0.25) is 0 Å². The lowest BCUT2D eigenvalue weighted by molar-refractivity contribution is -0.126. The molecular formula is C13H23NO2. The molecule has 0 aromatic heterocycles. The zero-order chi connectivity index (χ0) is 11.4. The molecule has 16 heavy (non-hydrogen) atoms. The van der Waals surface area contributed by atoms with Crippen LogP contribution in [0.15, 0.2) is 0 Å². The van der Waals surface area contributed by atoms with Crippen LogP contribution in [0.3, 0.4) is 0 Å². The molecule has 2 fully saturated rings. The summed E-state index contributed by atoms with van der Waals surface area (Å²) in [5.41, 5.74) is 0. The van der Waals surface area contributed by atoms with E-state index in [4.69, 9.17) is 4.74 Å². The summed E-state index contributed by atoms with van der Waals surface area (Å²) < 4.78 is 5.33. The lowest BCUT2D eigenvalue weighted by Gasteiger charge is -2.33. The molecule has 1 aliphatic carbocycles. The number of rotatable bonds is 3. The topological polar surface area (TPSA) is 29.5 Å². The van der Waals surface area contributed by atoms with Crippen LogP contribution in [0.1, 0.15) is 32.6 Å². The molecule has 1 saturated carbocycles. The highest BCUT2D eigenvalue weighted by atomic mass is 16.5. The number of carbonyl (C=O) groups excluding carboxylic acids is 1. The van der Waals surface area contributed by atoms with Gasteiger partial charge in [-0.2, -0.15) is 0 Å². The first-order chi connectivity index (χ1) is 7.79. The van der Waals surface area contributed by atoms with Gasteiger partial charge in [0.25, 0.3) is 0 Å². The molecule has 1 aliphatic heterocycles. The fourth-order valence-corrected chi connectivity index (χ4v) is 2.84. The Kier molecular flexibility index (Phi) is 4.36. The van der Waals surface area contributed by atoms with Crippen LogP contribution in [0, 0.1) is 11.8 Å². The third-order valence-electron chi connectivity index (χ3n) is 4.03. The molecule has 92 valence electrons. The molecule has 0 radical (unpaired) electrons. The summed E-state index contributed by atoms with van der Waals surface area (Å²) in [5, 5.41) is 0. The average molecular weight is 225 g/mol. The molecule has 0 bridgehead atoms. The lowest BCUT2D eigenvalue weighted by atomic mass is 9.79. The summed E-state index contributed by atoms with van der Waals surface area (Å²) in [5.74, 6) is 1.58. The van der Waals surface area contributed by atoms with Gasteiger partial charge in [0.15, 0.2) is 0 Å². The Labute approximate surface area is 98.1 Å². The van der Waals surface area contributed by atoms with Crippen molar-refractivity contribution in [2.75, 3.05) is 32.8 Å². The van der Waals surface area contributed by atoms with E-state index in [-0.39, 0.29) is 0 Å². The number of nitrogens with zero attached hydrogens (tertiary/aromatic N) is 1. The van der Waals surface area contributed by atoms with Crippen molar-refractivity contribution in [3.8, 4) is 0 Å². The zero-order valence-electron chi connectivity index (χ0n) is 10.3. The van der Waals surface area contributed by atoms with Gasteiger partial charge in [-0.15, -0.1) is 0 Å². The van der Waals surface area contributed by atoms with Gasteiger partial charge in [-0.05, 0) is 18.8 Å². The number of hydrogen-bond acceptors (Lipinski definition) is 3. The molecular weight excluding hydrogens is 202 g/mol. The fourth-order valence-electron chi connectivity index (χ4n) is 2.84. The van der Waals surface area contributed by atoms with Crippen molar-refractivity contribution in [2.24, 2.45) is 11.8 Å². The lowest BCUT2D eigenvalue weighted by Crippen LogP contribution is -2.42. The Hall–Kier alpha value is -0.410. The van der Waals surface area contributed by atoms with Crippen LogP contribution >= 0.6 is 0 Å². The second kappa shape index (κ2) is 5.78. The molecule has 0 aromatic rings. The SMILES string of the molecule is CCC1CCC(=O)C(CN2CCOCC2)C1. The normalized spacial score (nSPS) is 32.9. The van der Waals surface area contributed by atoms with Crippen molar-refractivity contribution in [1.82, 2.24) is 4.90 Å². The summed E-state index contributed by atoms with van der Waals surface area (Å²) in [6.07, 6.45) is 4.28. The van der Waals surface area contributed by atoms with Gasteiger partial charge >= 0.3 is 0 Å². The van der Waals surface area contributed by atoms with E-state index < -0.39 is 0 Å². The van der Waals surface area contributed by atoms with Gasteiger partial charge < -0.3 is 4.74 Å². The van der Waals surface area contributed by atoms with E-state index in [1.807, 2.05) is 0 Å². The molecule has 1 saturated heterocycles. The molecule has 2 atom stereocenters. The van der Waals surface area contributed by atoms with E-state index in [9.17, 15) is 4.79 Å². The summed E-state index contributed by atoms with van der Waals surface area (Å²) in [6, 6.07) is 0. The maximum absolute atomic E-state index is 11.9. The van der Waals surface area contributed by atoms with Crippen LogP contribution in [0.25, 0.3) is 0 Å². The van der Waals surface area contributed by atoms with E-state index in [0.29, 0.717) is 11.7 Å². The van der Waals surface area contributed by atoms with Gasteiger partial charge in [0, 0.05) is 32.0 Å². The molecule has 3 nitrogen and oxygen atoms in total. The highest BCUT2D eigenvalue weighted by Gasteiger charge is 2.29. The molecule has 0 spiro atoms. The van der Waals surface area contributed by atoms with Gasteiger partial charge in [-0.3, -0.25) is 9.69 Å². The predicted molar refractivity (Wildman–Crippen MR) is 63.4 cm³/mol. The van der Waals surface area contributed by atoms with Crippen molar-refractivity contribution in [1.29, 1.82) is 0 Å². The Morgan fingerprint density at radius 1 is 1.38 bits per heavy atom. The first-order valence-electron chi connectivity index (χ1n) is 6.62. The molecule has 0 N–H and O–H groups in total. The fraction of sp³-hybridized carbons (Fsp3) is 0.923. The van der Waals surface area contributed by atoms with Crippen LogP contribution < -0.4 is 0 Å². The average Bonchev–Trinajstić information content (AvgIpc) is 2.33. The standard InChI is InChI=1S/C13H23NO2/c1-2-11-3-4-13(15)12(9-11)10-14-5-7-16-8-6-14/h11-12H,2-10H2,1H3. The van der Waals surface area contributed by atoms with Gasteiger partial charge in [0.05, 0.1) is 13.2 Å². The molecule has 2 unspecified atom stereocenters. The maximum Gasteiger partial charge on any atom is 0.137 e. The highest BCUT2D eigenvalue weighted by Crippen LogP contribution is 2.29. The van der Waals surface area contributed by atoms with Crippen molar-refractivity contribution < 1.29 is 9.53 Å².